The average molecular weight is 368 g/mol. The quantitative estimate of drug-likeness (QED) is 0.467. The molecule has 2 aromatic rings. The fraction of sp³-hybridized carbons (Fsp3) is 0.333. The van der Waals surface area contributed by atoms with E-state index in [2.05, 4.69) is 53.7 Å². The summed E-state index contributed by atoms with van der Waals surface area (Å²) >= 11 is 0. The minimum Gasteiger partial charge on any atom is -0.484 e. The highest BCUT2D eigenvalue weighted by Crippen LogP contribution is 2.12. The van der Waals surface area contributed by atoms with Crippen molar-refractivity contribution in [2.75, 3.05) is 19.7 Å². The lowest BCUT2D eigenvalue weighted by Gasteiger charge is -2.12. The van der Waals surface area contributed by atoms with Crippen molar-refractivity contribution in [3.05, 3.63) is 65.2 Å². The van der Waals surface area contributed by atoms with Gasteiger partial charge in [0, 0.05) is 13.1 Å². The molecule has 2 rings (SSSR count). The van der Waals surface area contributed by atoms with Crippen LogP contribution >= 0.6 is 0 Å². The van der Waals surface area contributed by atoms with Crippen LogP contribution in [0, 0.1) is 6.92 Å². The van der Waals surface area contributed by atoms with Crippen molar-refractivity contribution in [2.45, 2.75) is 26.8 Å². The number of nitrogens with one attached hydrogen (secondary N) is 2. The molecule has 0 unspecified atom stereocenters. The van der Waals surface area contributed by atoms with E-state index in [1.165, 1.54) is 16.7 Å². The van der Waals surface area contributed by atoms with Gasteiger partial charge in [0.15, 0.2) is 12.6 Å². The summed E-state index contributed by atoms with van der Waals surface area (Å²) in [7, 11) is 0. The molecule has 0 radical (unpaired) electrons. The maximum atomic E-state index is 10.7. The number of nitrogens with zero attached hydrogens (tertiary/aromatic N) is 1. The number of carbonyl (C=O) groups is 1. The molecule has 0 bridgehead atoms. The lowest BCUT2D eigenvalue weighted by Crippen LogP contribution is -2.38. The zero-order valence-corrected chi connectivity index (χ0v) is 16.0. The van der Waals surface area contributed by atoms with Crippen LogP contribution in [0.2, 0.25) is 0 Å². The maximum absolute atomic E-state index is 10.7. The second-order valence-electron chi connectivity index (χ2n) is 6.26. The lowest BCUT2D eigenvalue weighted by molar-refractivity contribution is -0.119. The summed E-state index contributed by atoms with van der Waals surface area (Å²) in [4.78, 5) is 15.4. The molecule has 6 nitrogen and oxygen atoms in total. The van der Waals surface area contributed by atoms with Gasteiger partial charge in [0.05, 0.1) is 6.54 Å². The number of rotatable bonds is 9. The summed E-state index contributed by atoms with van der Waals surface area (Å²) in [6, 6.07) is 16.0. The van der Waals surface area contributed by atoms with Crippen molar-refractivity contribution in [3.8, 4) is 5.75 Å². The molecule has 0 atom stereocenters. The smallest absolute Gasteiger partial charge is 0.255 e. The zero-order chi connectivity index (χ0) is 19.5. The number of benzene rings is 2. The first-order valence-corrected chi connectivity index (χ1v) is 9.14. The van der Waals surface area contributed by atoms with Crippen LogP contribution in [0.4, 0.5) is 0 Å². The highest BCUT2D eigenvalue weighted by molar-refractivity contribution is 5.79. The van der Waals surface area contributed by atoms with E-state index < -0.39 is 5.91 Å². The Bertz CT molecular complexity index is 757. The van der Waals surface area contributed by atoms with Crippen LogP contribution in [0.25, 0.3) is 0 Å². The van der Waals surface area contributed by atoms with Crippen LogP contribution in [0.5, 0.6) is 5.75 Å². The standard InChI is InChI=1S/C21H28N4O2/c1-3-23-21(25-14-18-6-4-5-16(2)13-18)24-12-11-17-7-9-19(10-8-17)27-15-20(22)26/h4-10,13H,3,11-12,14-15H2,1-2H3,(H2,22,26)(H2,23,24,25). The molecule has 0 saturated heterocycles. The van der Waals surface area contributed by atoms with Gasteiger partial charge in [-0.1, -0.05) is 42.0 Å². The van der Waals surface area contributed by atoms with Crippen molar-refractivity contribution >= 4 is 11.9 Å². The summed E-state index contributed by atoms with van der Waals surface area (Å²) in [5.41, 5.74) is 8.67. The van der Waals surface area contributed by atoms with Crippen LogP contribution in [0.1, 0.15) is 23.6 Å². The van der Waals surface area contributed by atoms with Gasteiger partial charge >= 0.3 is 0 Å². The van der Waals surface area contributed by atoms with E-state index in [0.717, 1.165) is 25.5 Å². The number of aryl methyl sites for hydroxylation is 1. The normalized spacial score (nSPS) is 11.1. The summed E-state index contributed by atoms with van der Waals surface area (Å²) in [6.07, 6.45) is 0.852. The zero-order valence-electron chi connectivity index (χ0n) is 16.0. The van der Waals surface area contributed by atoms with Crippen molar-refractivity contribution in [1.82, 2.24) is 10.6 Å². The molecule has 0 spiro atoms. The molecule has 0 aliphatic carbocycles. The molecule has 0 fully saturated rings. The number of primary amides is 1. The predicted molar refractivity (Wildman–Crippen MR) is 109 cm³/mol. The number of nitrogens with two attached hydrogens (primary N) is 1. The van der Waals surface area contributed by atoms with Gasteiger partial charge < -0.3 is 21.1 Å². The Hall–Kier alpha value is -3.02. The molecule has 0 aromatic heterocycles. The lowest BCUT2D eigenvalue weighted by atomic mass is 10.1. The van der Waals surface area contributed by atoms with Gasteiger partial charge in [0.2, 0.25) is 0 Å². The van der Waals surface area contributed by atoms with Crippen LogP contribution in [0.15, 0.2) is 53.5 Å². The fourth-order valence-electron chi connectivity index (χ4n) is 2.55. The van der Waals surface area contributed by atoms with Gasteiger partial charge in [0.25, 0.3) is 5.91 Å². The number of aliphatic imine (C=N–C) groups is 1. The van der Waals surface area contributed by atoms with Crippen molar-refractivity contribution < 1.29 is 9.53 Å². The van der Waals surface area contributed by atoms with Gasteiger partial charge in [-0.25, -0.2) is 4.99 Å². The molecule has 0 aliphatic rings. The molecule has 6 heteroatoms. The SMILES string of the molecule is CCNC(=NCc1cccc(C)c1)NCCc1ccc(OCC(N)=O)cc1. The number of ether oxygens (including phenoxy) is 1. The third-order valence-corrected chi connectivity index (χ3v) is 3.86. The largest absolute Gasteiger partial charge is 0.484 e. The van der Waals surface area contributed by atoms with Crippen LogP contribution < -0.4 is 21.1 Å². The Labute approximate surface area is 160 Å². The van der Waals surface area contributed by atoms with E-state index in [1.54, 1.807) is 0 Å². The second kappa shape index (κ2) is 10.9. The van der Waals surface area contributed by atoms with E-state index >= 15 is 0 Å². The molecule has 27 heavy (non-hydrogen) atoms. The van der Waals surface area contributed by atoms with Gasteiger partial charge in [-0.05, 0) is 43.5 Å². The molecule has 2 aromatic carbocycles. The summed E-state index contributed by atoms with van der Waals surface area (Å²) < 4.78 is 5.26. The number of guanidine groups is 1. The predicted octanol–water partition coefficient (Wildman–Crippen LogP) is 2.16. The monoisotopic (exact) mass is 368 g/mol. The van der Waals surface area contributed by atoms with Crippen LogP contribution in [-0.2, 0) is 17.8 Å². The topological polar surface area (TPSA) is 88.7 Å². The fourth-order valence-corrected chi connectivity index (χ4v) is 2.55. The van der Waals surface area contributed by atoms with Crippen LogP contribution in [-0.4, -0.2) is 31.6 Å². The minimum atomic E-state index is -0.482. The number of amides is 1. The molecule has 4 N–H and O–H groups in total. The average Bonchev–Trinajstić information content (AvgIpc) is 2.65. The molecule has 0 saturated carbocycles. The molecule has 1 amide bonds. The maximum Gasteiger partial charge on any atom is 0.255 e. The van der Waals surface area contributed by atoms with Gasteiger partial charge in [-0.2, -0.15) is 0 Å². The Morgan fingerprint density at radius 1 is 1.11 bits per heavy atom. The van der Waals surface area contributed by atoms with E-state index in [1.807, 2.05) is 24.3 Å². The number of carbonyl (C=O) groups excluding carboxylic acids is 1. The second-order valence-corrected chi connectivity index (χ2v) is 6.26. The van der Waals surface area contributed by atoms with E-state index in [-0.39, 0.29) is 6.61 Å². The van der Waals surface area contributed by atoms with Gasteiger partial charge in [-0.15, -0.1) is 0 Å². The van der Waals surface area contributed by atoms with Gasteiger partial charge in [0.1, 0.15) is 5.75 Å². The first-order valence-electron chi connectivity index (χ1n) is 9.14. The summed E-state index contributed by atoms with van der Waals surface area (Å²) in [6.45, 7) is 6.25. The Morgan fingerprint density at radius 2 is 1.89 bits per heavy atom. The first-order chi connectivity index (χ1) is 13.1. The van der Waals surface area contributed by atoms with E-state index in [4.69, 9.17) is 10.5 Å². The molecule has 0 aliphatic heterocycles. The highest BCUT2D eigenvalue weighted by atomic mass is 16.5. The van der Waals surface area contributed by atoms with Crippen molar-refractivity contribution in [3.63, 3.8) is 0 Å². The molecule has 0 heterocycles. The Morgan fingerprint density at radius 3 is 2.56 bits per heavy atom. The Kier molecular flexibility index (Phi) is 8.16. The van der Waals surface area contributed by atoms with Gasteiger partial charge in [-0.3, -0.25) is 4.79 Å². The minimum absolute atomic E-state index is 0.107. The van der Waals surface area contributed by atoms with E-state index in [0.29, 0.717) is 12.3 Å². The first kappa shape index (κ1) is 20.3. The summed E-state index contributed by atoms with van der Waals surface area (Å²) in [5.74, 6) is 0.961. The molecular formula is C21H28N4O2. The molecular weight excluding hydrogens is 340 g/mol. The molecule has 144 valence electrons. The third-order valence-electron chi connectivity index (χ3n) is 3.86. The highest BCUT2D eigenvalue weighted by Gasteiger charge is 2.01. The van der Waals surface area contributed by atoms with E-state index in [9.17, 15) is 4.79 Å². The van der Waals surface area contributed by atoms with Crippen LogP contribution in [0.3, 0.4) is 0 Å². The summed E-state index contributed by atoms with van der Waals surface area (Å²) in [5, 5.41) is 6.62. The third kappa shape index (κ3) is 7.81. The van der Waals surface area contributed by atoms with Crippen molar-refractivity contribution in [2.24, 2.45) is 10.7 Å². The number of hydrogen-bond donors (Lipinski definition) is 3. The van der Waals surface area contributed by atoms with Crippen molar-refractivity contribution in [1.29, 1.82) is 0 Å². The number of hydrogen-bond acceptors (Lipinski definition) is 3. The Balaban J connectivity index is 1.83.